The minimum Gasteiger partial charge on any atom is -0.497 e. The van der Waals surface area contributed by atoms with Crippen molar-refractivity contribution in [1.29, 1.82) is 0 Å². The van der Waals surface area contributed by atoms with E-state index in [1.54, 1.807) is 20.1 Å². The summed E-state index contributed by atoms with van der Waals surface area (Å²) >= 11 is 6.34. The first-order chi connectivity index (χ1) is 13.6. The number of methoxy groups -OCH3 is 1. The van der Waals surface area contributed by atoms with E-state index in [9.17, 15) is 4.79 Å². The number of likely N-dealkylation sites (tertiary alicyclic amines) is 1. The van der Waals surface area contributed by atoms with Gasteiger partial charge in [-0.05, 0) is 43.5 Å². The van der Waals surface area contributed by atoms with Gasteiger partial charge in [-0.15, -0.1) is 0 Å². The highest BCUT2D eigenvalue weighted by atomic mass is 35.5. The van der Waals surface area contributed by atoms with E-state index in [4.69, 9.17) is 20.9 Å². The van der Waals surface area contributed by atoms with Crippen LogP contribution in [0, 0.1) is 6.92 Å². The minimum atomic E-state index is -0.0769. The number of amides is 1. The van der Waals surface area contributed by atoms with Crippen LogP contribution in [0.3, 0.4) is 0 Å². The number of carbonyl (C=O) groups is 1. The lowest BCUT2D eigenvalue weighted by Gasteiger charge is -2.25. The van der Waals surface area contributed by atoms with E-state index in [2.05, 4.69) is 5.16 Å². The van der Waals surface area contributed by atoms with Crippen molar-refractivity contribution in [2.24, 2.45) is 0 Å². The maximum absolute atomic E-state index is 13.5. The second-order valence-electron chi connectivity index (χ2n) is 6.87. The fourth-order valence-corrected chi connectivity index (χ4v) is 4.01. The molecule has 1 aliphatic heterocycles. The zero-order valence-electron chi connectivity index (χ0n) is 15.8. The summed E-state index contributed by atoms with van der Waals surface area (Å²) in [6.45, 7) is 2.46. The van der Waals surface area contributed by atoms with E-state index in [1.165, 1.54) is 0 Å². The molecule has 28 heavy (non-hydrogen) atoms. The van der Waals surface area contributed by atoms with Crippen LogP contribution in [0.2, 0.25) is 5.02 Å². The molecule has 4 rings (SSSR count). The Bertz CT molecular complexity index is 997. The van der Waals surface area contributed by atoms with E-state index in [1.807, 2.05) is 47.4 Å². The lowest BCUT2D eigenvalue weighted by Crippen LogP contribution is -2.31. The molecular formula is C22H21ClN2O3. The molecule has 1 aliphatic rings. The van der Waals surface area contributed by atoms with Gasteiger partial charge < -0.3 is 14.2 Å². The first-order valence-electron chi connectivity index (χ1n) is 9.26. The van der Waals surface area contributed by atoms with Crippen LogP contribution < -0.4 is 4.74 Å². The van der Waals surface area contributed by atoms with E-state index in [0.29, 0.717) is 34.1 Å². The van der Waals surface area contributed by atoms with Gasteiger partial charge in [0.2, 0.25) is 0 Å². The highest BCUT2D eigenvalue weighted by molar-refractivity contribution is 6.33. The molecule has 1 atom stereocenters. The van der Waals surface area contributed by atoms with Gasteiger partial charge in [0.25, 0.3) is 5.91 Å². The number of hydrogen-bond acceptors (Lipinski definition) is 4. The molecule has 3 aromatic rings. The number of rotatable bonds is 4. The number of benzene rings is 2. The van der Waals surface area contributed by atoms with E-state index >= 15 is 0 Å². The molecule has 0 bridgehead atoms. The average molecular weight is 397 g/mol. The van der Waals surface area contributed by atoms with Crippen molar-refractivity contribution in [3.63, 3.8) is 0 Å². The molecule has 0 unspecified atom stereocenters. The molecule has 2 heterocycles. The standard InChI is InChI=1S/C22H21ClN2O3/c1-14-20(21(24-28-14)17-6-3-4-7-18(17)23)22(26)25-13-5-8-19(25)15-9-11-16(27-2)12-10-15/h3-4,6-7,9-12,19H,5,8,13H2,1-2H3/t19-/m0/s1. The number of aromatic nitrogens is 1. The SMILES string of the molecule is COc1ccc([C@@H]2CCCN2C(=O)c2c(-c3ccccc3Cl)noc2C)cc1. The summed E-state index contributed by atoms with van der Waals surface area (Å²) in [6.07, 6.45) is 1.87. The molecule has 0 saturated carbocycles. The molecule has 144 valence electrons. The zero-order valence-corrected chi connectivity index (χ0v) is 16.6. The molecule has 2 aromatic carbocycles. The molecule has 1 saturated heterocycles. The third-order valence-corrected chi connectivity index (χ3v) is 5.55. The lowest BCUT2D eigenvalue weighted by molar-refractivity contribution is 0.0734. The van der Waals surface area contributed by atoms with Crippen LogP contribution in [0.25, 0.3) is 11.3 Å². The average Bonchev–Trinajstić information content (AvgIpc) is 3.35. The second kappa shape index (κ2) is 7.68. The number of nitrogens with zero attached hydrogens (tertiary/aromatic N) is 2. The summed E-state index contributed by atoms with van der Waals surface area (Å²) in [5, 5.41) is 4.68. The van der Waals surface area contributed by atoms with Crippen molar-refractivity contribution < 1.29 is 14.1 Å². The normalized spacial score (nSPS) is 16.4. The summed E-state index contributed by atoms with van der Waals surface area (Å²) in [7, 11) is 1.64. The van der Waals surface area contributed by atoms with Crippen LogP contribution >= 0.6 is 11.6 Å². The predicted octanol–water partition coefficient (Wildman–Crippen LogP) is 5.29. The van der Waals surface area contributed by atoms with Crippen molar-refractivity contribution in [3.8, 4) is 17.0 Å². The molecule has 0 radical (unpaired) electrons. The first kappa shape index (κ1) is 18.6. The molecule has 1 fully saturated rings. The molecule has 6 heteroatoms. The van der Waals surface area contributed by atoms with Crippen LogP contribution in [0.15, 0.2) is 53.1 Å². The Morgan fingerprint density at radius 1 is 1.21 bits per heavy atom. The van der Waals surface area contributed by atoms with Crippen LogP contribution in [-0.2, 0) is 0 Å². The van der Waals surface area contributed by atoms with Gasteiger partial charge in [-0.25, -0.2) is 0 Å². The van der Waals surface area contributed by atoms with Gasteiger partial charge in [0.15, 0.2) is 0 Å². The smallest absolute Gasteiger partial charge is 0.260 e. The number of aryl methyl sites for hydroxylation is 1. The highest BCUT2D eigenvalue weighted by Crippen LogP contribution is 2.37. The number of carbonyl (C=O) groups excluding carboxylic acids is 1. The summed E-state index contributed by atoms with van der Waals surface area (Å²) < 4.78 is 10.6. The summed E-state index contributed by atoms with van der Waals surface area (Å²) in [5.41, 5.74) is 2.77. The molecule has 1 aromatic heterocycles. The van der Waals surface area contributed by atoms with Gasteiger partial charge in [0.1, 0.15) is 22.8 Å². The van der Waals surface area contributed by atoms with Crippen LogP contribution in [0.5, 0.6) is 5.75 Å². The van der Waals surface area contributed by atoms with Crippen molar-refractivity contribution in [2.45, 2.75) is 25.8 Å². The summed E-state index contributed by atoms with van der Waals surface area (Å²) in [5.74, 6) is 1.22. The summed E-state index contributed by atoms with van der Waals surface area (Å²) in [4.78, 5) is 15.4. The summed E-state index contributed by atoms with van der Waals surface area (Å²) in [6, 6.07) is 15.3. The zero-order chi connectivity index (χ0) is 19.7. The molecule has 5 nitrogen and oxygen atoms in total. The van der Waals surface area contributed by atoms with Crippen LogP contribution in [0.1, 0.15) is 40.6 Å². The Labute approximate surface area is 168 Å². The quantitative estimate of drug-likeness (QED) is 0.601. The Balaban J connectivity index is 1.69. The second-order valence-corrected chi connectivity index (χ2v) is 7.28. The van der Waals surface area contributed by atoms with Gasteiger partial charge in [0.05, 0.1) is 18.2 Å². The maximum Gasteiger partial charge on any atom is 0.260 e. The van der Waals surface area contributed by atoms with Gasteiger partial charge >= 0.3 is 0 Å². The molecule has 0 N–H and O–H groups in total. The van der Waals surface area contributed by atoms with E-state index in [0.717, 1.165) is 24.2 Å². The van der Waals surface area contributed by atoms with Crippen molar-refractivity contribution in [1.82, 2.24) is 10.1 Å². The highest BCUT2D eigenvalue weighted by Gasteiger charge is 2.34. The van der Waals surface area contributed by atoms with Crippen molar-refractivity contribution >= 4 is 17.5 Å². The third kappa shape index (κ3) is 3.27. The largest absolute Gasteiger partial charge is 0.497 e. The van der Waals surface area contributed by atoms with Crippen molar-refractivity contribution in [3.05, 3.63) is 70.4 Å². The Morgan fingerprint density at radius 3 is 2.68 bits per heavy atom. The van der Waals surface area contributed by atoms with Gasteiger partial charge in [-0.2, -0.15) is 0 Å². The molecule has 0 aliphatic carbocycles. The van der Waals surface area contributed by atoms with Gasteiger partial charge in [-0.3, -0.25) is 4.79 Å². The van der Waals surface area contributed by atoms with Crippen LogP contribution in [0.4, 0.5) is 0 Å². The molecule has 1 amide bonds. The number of hydrogen-bond donors (Lipinski definition) is 0. The number of ether oxygens (including phenoxy) is 1. The van der Waals surface area contributed by atoms with Crippen LogP contribution in [-0.4, -0.2) is 29.6 Å². The molecule has 0 spiro atoms. The maximum atomic E-state index is 13.5. The topological polar surface area (TPSA) is 55.6 Å². The Morgan fingerprint density at radius 2 is 1.96 bits per heavy atom. The van der Waals surface area contributed by atoms with E-state index in [-0.39, 0.29) is 11.9 Å². The monoisotopic (exact) mass is 396 g/mol. The fourth-order valence-electron chi connectivity index (χ4n) is 3.79. The molecular weight excluding hydrogens is 376 g/mol. The van der Waals surface area contributed by atoms with E-state index < -0.39 is 0 Å². The van der Waals surface area contributed by atoms with Gasteiger partial charge in [0, 0.05) is 12.1 Å². The van der Waals surface area contributed by atoms with Gasteiger partial charge in [-0.1, -0.05) is 47.1 Å². The first-order valence-corrected chi connectivity index (χ1v) is 9.64. The predicted molar refractivity (Wildman–Crippen MR) is 108 cm³/mol. The van der Waals surface area contributed by atoms with Crippen molar-refractivity contribution in [2.75, 3.05) is 13.7 Å². The third-order valence-electron chi connectivity index (χ3n) is 5.22. The Hall–Kier alpha value is -2.79. The fraction of sp³-hybridized carbons (Fsp3) is 0.273. The number of halogens is 1. The Kier molecular flexibility index (Phi) is 5.09. The minimum absolute atomic E-state index is 0.0202. The lowest BCUT2D eigenvalue weighted by atomic mass is 10.0.